The van der Waals surface area contributed by atoms with Crippen LogP contribution >= 0.6 is 11.8 Å². The van der Waals surface area contributed by atoms with Crippen molar-refractivity contribution < 1.29 is 18.0 Å². The van der Waals surface area contributed by atoms with Crippen molar-refractivity contribution in [1.29, 1.82) is 0 Å². The quantitative estimate of drug-likeness (QED) is 0.692. The van der Waals surface area contributed by atoms with Crippen LogP contribution in [0.3, 0.4) is 0 Å². The second-order valence-electron chi connectivity index (χ2n) is 3.16. The number of carbonyl (C=O) groups is 1. The van der Waals surface area contributed by atoms with Crippen LogP contribution in [0.5, 0.6) is 0 Å². The predicted octanol–water partition coefficient (Wildman–Crippen LogP) is 3.43. The maximum Gasteiger partial charge on any atom is 0.251 e. The molecule has 0 aromatic heterocycles. The average Bonchev–Trinajstić information content (AvgIpc) is 2.02. The Morgan fingerprint density at radius 3 is 2.50 bits per heavy atom. The summed E-state index contributed by atoms with van der Waals surface area (Å²) in [6.07, 6.45) is -2.51. The summed E-state index contributed by atoms with van der Waals surface area (Å²) in [5.41, 5.74) is 0. The molecular weight excluding hydrogens is 213 g/mol. The van der Waals surface area contributed by atoms with Gasteiger partial charge in [0, 0.05) is 25.5 Å². The van der Waals surface area contributed by atoms with Gasteiger partial charge in [0.15, 0.2) is 5.12 Å². The van der Waals surface area contributed by atoms with E-state index >= 15 is 0 Å². The minimum Gasteiger partial charge on any atom is -0.288 e. The molecule has 0 aliphatic carbocycles. The van der Waals surface area contributed by atoms with Crippen LogP contribution in [-0.2, 0) is 4.79 Å². The summed E-state index contributed by atoms with van der Waals surface area (Å²) in [4.78, 5) is 10.5. The second kappa shape index (κ2) is 6.32. The predicted molar refractivity (Wildman–Crippen MR) is 52.5 cm³/mol. The normalized spacial score (nSPS) is 14.1. The molecular formula is C9H15F3OS. The van der Waals surface area contributed by atoms with Crippen LogP contribution in [0.4, 0.5) is 13.2 Å². The lowest BCUT2D eigenvalue weighted by atomic mass is 10.1. The fourth-order valence-electron chi connectivity index (χ4n) is 0.915. The zero-order chi connectivity index (χ0) is 11.2. The van der Waals surface area contributed by atoms with Gasteiger partial charge in [-0.05, 0) is 6.42 Å². The number of carbonyl (C=O) groups excluding carboxylic acids is 1. The van der Waals surface area contributed by atoms with Crippen molar-refractivity contribution in [2.75, 3.05) is 5.75 Å². The standard InChI is InChI=1S/C9H15F3OS/c1-3-8(10)6-9(11,12)4-5-14-7(2)13/h8H,3-6H2,1-2H3. The Bertz CT molecular complexity index is 185. The van der Waals surface area contributed by atoms with Crippen LogP contribution in [0.15, 0.2) is 0 Å². The molecule has 0 saturated carbocycles. The largest absolute Gasteiger partial charge is 0.288 e. The van der Waals surface area contributed by atoms with Crippen molar-refractivity contribution in [1.82, 2.24) is 0 Å². The monoisotopic (exact) mass is 228 g/mol. The SMILES string of the molecule is CCC(F)CC(F)(F)CCSC(C)=O. The summed E-state index contributed by atoms with van der Waals surface area (Å²) in [6.45, 7) is 2.86. The highest BCUT2D eigenvalue weighted by Gasteiger charge is 2.31. The van der Waals surface area contributed by atoms with Crippen LogP contribution in [0, 0.1) is 0 Å². The molecule has 0 N–H and O–H groups in total. The van der Waals surface area contributed by atoms with Gasteiger partial charge < -0.3 is 0 Å². The van der Waals surface area contributed by atoms with Crippen molar-refractivity contribution in [2.45, 2.75) is 45.2 Å². The third-order valence-electron chi connectivity index (χ3n) is 1.74. The van der Waals surface area contributed by atoms with Gasteiger partial charge in [0.05, 0.1) is 0 Å². The Hall–Kier alpha value is -0.190. The van der Waals surface area contributed by atoms with Gasteiger partial charge in [0.25, 0.3) is 5.92 Å². The minimum absolute atomic E-state index is 0.0543. The fraction of sp³-hybridized carbons (Fsp3) is 0.889. The van der Waals surface area contributed by atoms with Gasteiger partial charge in [-0.2, -0.15) is 0 Å². The molecule has 5 heteroatoms. The van der Waals surface area contributed by atoms with E-state index < -0.39 is 24.9 Å². The summed E-state index contributed by atoms with van der Waals surface area (Å²) >= 11 is 0.851. The number of halogens is 3. The van der Waals surface area contributed by atoms with Crippen molar-refractivity contribution in [3.8, 4) is 0 Å². The highest BCUT2D eigenvalue weighted by atomic mass is 32.2. The number of hydrogen-bond donors (Lipinski definition) is 0. The highest BCUT2D eigenvalue weighted by molar-refractivity contribution is 8.13. The van der Waals surface area contributed by atoms with Crippen molar-refractivity contribution in [2.24, 2.45) is 0 Å². The molecule has 0 aliphatic heterocycles. The van der Waals surface area contributed by atoms with Crippen LogP contribution in [0.1, 0.15) is 33.1 Å². The molecule has 0 spiro atoms. The topological polar surface area (TPSA) is 17.1 Å². The number of thioether (sulfide) groups is 1. The maximum atomic E-state index is 12.9. The Morgan fingerprint density at radius 2 is 2.07 bits per heavy atom. The van der Waals surface area contributed by atoms with E-state index in [1.165, 1.54) is 13.8 Å². The molecule has 0 rings (SSSR count). The zero-order valence-electron chi connectivity index (χ0n) is 8.36. The Morgan fingerprint density at radius 1 is 1.50 bits per heavy atom. The second-order valence-corrected chi connectivity index (χ2v) is 4.43. The van der Waals surface area contributed by atoms with E-state index in [9.17, 15) is 18.0 Å². The summed E-state index contributed by atoms with van der Waals surface area (Å²) < 4.78 is 38.6. The van der Waals surface area contributed by atoms with Gasteiger partial charge in [-0.1, -0.05) is 18.7 Å². The first-order valence-electron chi connectivity index (χ1n) is 4.52. The van der Waals surface area contributed by atoms with E-state index in [4.69, 9.17) is 0 Å². The molecule has 0 aliphatic rings. The summed E-state index contributed by atoms with van der Waals surface area (Å²) in [5.74, 6) is -2.93. The lowest BCUT2D eigenvalue weighted by Gasteiger charge is -2.17. The summed E-state index contributed by atoms with van der Waals surface area (Å²) in [5, 5.41) is -0.187. The number of alkyl halides is 3. The van der Waals surface area contributed by atoms with Gasteiger partial charge in [0.2, 0.25) is 0 Å². The van der Waals surface area contributed by atoms with Crippen LogP contribution in [0.25, 0.3) is 0 Å². The van der Waals surface area contributed by atoms with E-state index in [2.05, 4.69) is 0 Å². The number of hydrogen-bond acceptors (Lipinski definition) is 2. The molecule has 1 nitrogen and oxygen atoms in total. The average molecular weight is 228 g/mol. The summed E-state index contributed by atoms with van der Waals surface area (Å²) in [7, 11) is 0. The van der Waals surface area contributed by atoms with Gasteiger partial charge in [0.1, 0.15) is 6.17 Å². The molecule has 0 amide bonds. The molecule has 1 unspecified atom stereocenters. The van der Waals surface area contributed by atoms with Crippen molar-refractivity contribution in [3.05, 3.63) is 0 Å². The van der Waals surface area contributed by atoms with Gasteiger partial charge in [-0.3, -0.25) is 4.79 Å². The maximum absolute atomic E-state index is 12.9. The van der Waals surface area contributed by atoms with Gasteiger partial charge in [-0.15, -0.1) is 0 Å². The molecule has 0 aromatic carbocycles. The Labute approximate surface area is 86.4 Å². The third kappa shape index (κ3) is 7.24. The summed E-state index contributed by atoms with van der Waals surface area (Å²) in [6, 6.07) is 0. The molecule has 0 heterocycles. The molecule has 0 saturated heterocycles. The Balaban J connectivity index is 3.76. The lowest BCUT2D eigenvalue weighted by Crippen LogP contribution is -2.22. The first kappa shape index (κ1) is 13.8. The zero-order valence-corrected chi connectivity index (χ0v) is 9.17. The molecule has 0 fully saturated rings. The minimum atomic E-state index is -2.99. The third-order valence-corrected chi connectivity index (χ3v) is 2.55. The van der Waals surface area contributed by atoms with E-state index in [1.54, 1.807) is 0 Å². The van der Waals surface area contributed by atoms with Crippen molar-refractivity contribution >= 4 is 16.9 Å². The Kier molecular flexibility index (Phi) is 6.24. The fourth-order valence-corrected chi connectivity index (χ4v) is 1.60. The molecule has 1 atom stereocenters. The van der Waals surface area contributed by atoms with E-state index in [-0.39, 0.29) is 17.3 Å². The number of rotatable bonds is 6. The smallest absolute Gasteiger partial charge is 0.251 e. The van der Waals surface area contributed by atoms with E-state index in [0.29, 0.717) is 0 Å². The molecule has 14 heavy (non-hydrogen) atoms. The first-order chi connectivity index (χ1) is 6.37. The molecule has 84 valence electrons. The van der Waals surface area contributed by atoms with Crippen LogP contribution in [-0.4, -0.2) is 23.0 Å². The molecule has 0 aromatic rings. The highest BCUT2D eigenvalue weighted by Crippen LogP contribution is 2.28. The van der Waals surface area contributed by atoms with E-state index in [0.717, 1.165) is 11.8 Å². The molecule has 0 radical (unpaired) electrons. The lowest BCUT2D eigenvalue weighted by molar-refractivity contribution is -0.109. The van der Waals surface area contributed by atoms with Crippen molar-refractivity contribution in [3.63, 3.8) is 0 Å². The van der Waals surface area contributed by atoms with Crippen LogP contribution in [0.2, 0.25) is 0 Å². The first-order valence-corrected chi connectivity index (χ1v) is 5.51. The van der Waals surface area contributed by atoms with Gasteiger partial charge in [-0.25, -0.2) is 13.2 Å². The molecule has 0 bridgehead atoms. The van der Waals surface area contributed by atoms with E-state index in [1.807, 2.05) is 0 Å². The van der Waals surface area contributed by atoms with Gasteiger partial charge >= 0.3 is 0 Å². The van der Waals surface area contributed by atoms with Crippen LogP contribution < -0.4 is 0 Å².